The molecule has 7 nitrogen and oxygen atoms in total. The van der Waals surface area contributed by atoms with Crippen molar-refractivity contribution in [3.63, 3.8) is 0 Å². The second kappa shape index (κ2) is 6.15. The highest BCUT2D eigenvalue weighted by atomic mass is 19.1. The zero-order valence-corrected chi connectivity index (χ0v) is 15.2. The number of carbonyl (C=O) groups is 1. The third-order valence-electron chi connectivity index (χ3n) is 5.02. The molecule has 1 aliphatic rings. The van der Waals surface area contributed by atoms with E-state index in [1.165, 1.54) is 17.7 Å². The molecule has 1 aliphatic heterocycles. The van der Waals surface area contributed by atoms with Crippen LogP contribution >= 0.6 is 0 Å². The van der Waals surface area contributed by atoms with Crippen LogP contribution in [0.2, 0.25) is 0 Å². The van der Waals surface area contributed by atoms with E-state index < -0.39 is 11.9 Å². The smallest absolute Gasteiger partial charge is 0.328 e. The fourth-order valence-corrected chi connectivity index (χ4v) is 3.55. The number of halogens is 1. The van der Waals surface area contributed by atoms with Crippen molar-refractivity contribution < 1.29 is 13.9 Å². The summed E-state index contributed by atoms with van der Waals surface area (Å²) in [6, 6.07) is 7.53. The van der Waals surface area contributed by atoms with Crippen molar-refractivity contribution in [1.29, 1.82) is 0 Å². The van der Waals surface area contributed by atoms with E-state index in [-0.39, 0.29) is 11.6 Å². The SMILES string of the molecule is COc1ccc(F)c2c1CC(C(=O)Nc1ccc3c(c1)n(C)c(=O)n3C)N2. The summed E-state index contributed by atoms with van der Waals surface area (Å²) in [6.07, 6.45) is 0.328. The summed E-state index contributed by atoms with van der Waals surface area (Å²) in [5, 5.41) is 5.77. The molecule has 27 heavy (non-hydrogen) atoms. The molecule has 2 heterocycles. The minimum atomic E-state index is -0.610. The Labute approximate surface area is 154 Å². The Morgan fingerprint density at radius 3 is 2.70 bits per heavy atom. The average Bonchev–Trinajstić information content (AvgIpc) is 3.20. The Morgan fingerprint density at radius 2 is 1.96 bits per heavy atom. The quantitative estimate of drug-likeness (QED) is 0.739. The van der Waals surface area contributed by atoms with E-state index in [0.29, 0.717) is 29.1 Å². The van der Waals surface area contributed by atoms with E-state index in [0.717, 1.165) is 11.0 Å². The molecule has 0 spiro atoms. The zero-order valence-electron chi connectivity index (χ0n) is 15.2. The molecule has 1 aromatic heterocycles. The van der Waals surface area contributed by atoms with Crippen molar-refractivity contribution in [1.82, 2.24) is 9.13 Å². The highest BCUT2D eigenvalue weighted by Gasteiger charge is 2.31. The number of aryl methyl sites for hydroxylation is 2. The van der Waals surface area contributed by atoms with Gasteiger partial charge >= 0.3 is 5.69 Å². The summed E-state index contributed by atoms with van der Waals surface area (Å²) >= 11 is 0. The number of methoxy groups -OCH3 is 1. The van der Waals surface area contributed by atoms with Crippen LogP contribution < -0.4 is 21.1 Å². The fourth-order valence-electron chi connectivity index (χ4n) is 3.55. The lowest BCUT2D eigenvalue weighted by molar-refractivity contribution is -0.116. The number of imidazole rings is 1. The van der Waals surface area contributed by atoms with E-state index in [1.807, 2.05) is 0 Å². The van der Waals surface area contributed by atoms with Gasteiger partial charge in [-0.05, 0) is 30.3 Å². The Kier molecular flexibility index (Phi) is 3.91. The van der Waals surface area contributed by atoms with Gasteiger partial charge < -0.3 is 15.4 Å². The number of benzene rings is 2. The monoisotopic (exact) mass is 370 g/mol. The minimum Gasteiger partial charge on any atom is -0.496 e. The third kappa shape index (κ3) is 2.64. The molecule has 2 N–H and O–H groups in total. The second-order valence-corrected chi connectivity index (χ2v) is 6.60. The van der Waals surface area contributed by atoms with Gasteiger partial charge in [0.2, 0.25) is 5.91 Å². The third-order valence-corrected chi connectivity index (χ3v) is 5.02. The van der Waals surface area contributed by atoms with Gasteiger partial charge in [-0.15, -0.1) is 0 Å². The first kappa shape index (κ1) is 17.1. The molecule has 8 heteroatoms. The van der Waals surface area contributed by atoms with Gasteiger partial charge in [0, 0.05) is 31.8 Å². The van der Waals surface area contributed by atoms with Gasteiger partial charge in [0.25, 0.3) is 0 Å². The van der Waals surface area contributed by atoms with E-state index in [2.05, 4.69) is 10.6 Å². The first-order valence-electron chi connectivity index (χ1n) is 8.49. The van der Waals surface area contributed by atoms with Crippen LogP contribution in [0.4, 0.5) is 15.8 Å². The summed E-state index contributed by atoms with van der Waals surface area (Å²) in [5.74, 6) is -0.148. The number of amides is 1. The van der Waals surface area contributed by atoms with Crippen molar-refractivity contribution in [2.24, 2.45) is 14.1 Å². The van der Waals surface area contributed by atoms with E-state index in [4.69, 9.17) is 4.74 Å². The topological polar surface area (TPSA) is 77.3 Å². The predicted molar refractivity (Wildman–Crippen MR) is 101 cm³/mol. The Bertz CT molecular complexity index is 1130. The van der Waals surface area contributed by atoms with Crippen LogP contribution in [0.1, 0.15) is 5.56 Å². The molecular weight excluding hydrogens is 351 g/mol. The normalized spacial score (nSPS) is 15.5. The maximum atomic E-state index is 14.0. The average molecular weight is 370 g/mol. The Morgan fingerprint density at radius 1 is 1.22 bits per heavy atom. The highest BCUT2D eigenvalue weighted by molar-refractivity contribution is 5.99. The molecule has 0 fully saturated rings. The number of carbonyl (C=O) groups excluding carboxylic acids is 1. The summed E-state index contributed by atoms with van der Waals surface area (Å²) in [5.41, 5.74) is 2.88. The number of rotatable bonds is 3. The predicted octanol–water partition coefficient (Wildman–Crippen LogP) is 2.00. The van der Waals surface area contributed by atoms with E-state index in [1.54, 1.807) is 42.9 Å². The van der Waals surface area contributed by atoms with Crippen molar-refractivity contribution in [2.45, 2.75) is 12.5 Å². The van der Waals surface area contributed by atoms with Crippen molar-refractivity contribution >= 4 is 28.3 Å². The van der Waals surface area contributed by atoms with Gasteiger partial charge in [-0.2, -0.15) is 0 Å². The second-order valence-electron chi connectivity index (χ2n) is 6.60. The first-order chi connectivity index (χ1) is 12.9. The van der Waals surface area contributed by atoms with Gasteiger partial charge in [0.15, 0.2) is 0 Å². The van der Waals surface area contributed by atoms with Gasteiger partial charge in [0.05, 0.1) is 23.8 Å². The molecule has 140 valence electrons. The Hall–Kier alpha value is -3.29. The molecule has 0 saturated heterocycles. The van der Waals surface area contributed by atoms with Crippen LogP contribution in [0.3, 0.4) is 0 Å². The molecule has 1 unspecified atom stereocenters. The molecule has 0 saturated carbocycles. The van der Waals surface area contributed by atoms with E-state index in [9.17, 15) is 14.0 Å². The molecule has 1 amide bonds. The van der Waals surface area contributed by atoms with Crippen LogP contribution in [0.5, 0.6) is 5.75 Å². The minimum absolute atomic E-state index is 0.135. The maximum Gasteiger partial charge on any atom is 0.328 e. The number of nitrogens with one attached hydrogen (secondary N) is 2. The molecular formula is C19H19FN4O3. The lowest BCUT2D eigenvalue weighted by atomic mass is 10.1. The zero-order chi connectivity index (χ0) is 19.3. The van der Waals surface area contributed by atoms with Gasteiger partial charge in [0.1, 0.15) is 17.6 Å². The number of hydrogen-bond acceptors (Lipinski definition) is 4. The maximum absolute atomic E-state index is 14.0. The van der Waals surface area contributed by atoms with Crippen LogP contribution in [0.25, 0.3) is 11.0 Å². The molecule has 3 aromatic rings. The Balaban J connectivity index is 1.59. The molecule has 4 rings (SSSR count). The van der Waals surface area contributed by atoms with Crippen molar-refractivity contribution in [2.75, 3.05) is 17.7 Å². The number of ether oxygens (including phenoxy) is 1. The molecule has 1 atom stereocenters. The molecule has 0 aliphatic carbocycles. The standard InChI is InChI=1S/C19H19FN4O3/c1-23-14-6-4-10(8-15(14)24(2)19(23)26)21-18(25)13-9-11-16(27-3)7-5-12(20)17(11)22-13/h4-8,13,22H,9H2,1-3H3,(H,21,25). The highest BCUT2D eigenvalue weighted by Crippen LogP contribution is 2.36. The lowest BCUT2D eigenvalue weighted by Crippen LogP contribution is -2.32. The van der Waals surface area contributed by atoms with Crippen LogP contribution in [0.15, 0.2) is 35.1 Å². The van der Waals surface area contributed by atoms with Crippen molar-refractivity contribution in [3.05, 3.63) is 52.2 Å². The van der Waals surface area contributed by atoms with Crippen LogP contribution in [0, 0.1) is 5.82 Å². The van der Waals surface area contributed by atoms with Gasteiger partial charge in [-0.3, -0.25) is 13.9 Å². The van der Waals surface area contributed by atoms with Gasteiger partial charge in [-0.1, -0.05) is 0 Å². The first-order valence-corrected chi connectivity index (χ1v) is 8.49. The number of fused-ring (bicyclic) bond motifs is 2. The largest absolute Gasteiger partial charge is 0.496 e. The summed E-state index contributed by atoms with van der Waals surface area (Å²) in [6.45, 7) is 0. The van der Waals surface area contributed by atoms with Crippen LogP contribution in [-0.2, 0) is 25.3 Å². The summed E-state index contributed by atoms with van der Waals surface area (Å²) < 4.78 is 22.4. The number of nitrogens with zero attached hydrogens (tertiary/aromatic N) is 2. The summed E-state index contributed by atoms with van der Waals surface area (Å²) in [7, 11) is 4.89. The van der Waals surface area contributed by atoms with Gasteiger partial charge in [-0.25, -0.2) is 9.18 Å². The summed E-state index contributed by atoms with van der Waals surface area (Å²) in [4.78, 5) is 24.7. The molecule has 2 aromatic carbocycles. The molecule has 0 bridgehead atoms. The van der Waals surface area contributed by atoms with Crippen LogP contribution in [-0.4, -0.2) is 28.2 Å². The number of aromatic nitrogens is 2. The van der Waals surface area contributed by atoms with Crippen molar-refractivity contribution in [3.8, 4) is 5.75 Å². The van der Waals surface area contributed by atoms with E-state index >= 15 is 0 Å². The number of anilines is 2. The molecule has 0 radical (unpaired) electrons. The number of hydrogen-bond donors (Lipinski definition) is 2. The lowest BCUT2D eigenvalue weighted by Gasteiger charge is -2.12. The fraction of sp³-hybridized carbons (Fsp3) is 0.263.